The third kappa shape index (κ3) is 3.93. The maximum atomic E-state index is 12.0. The van der Waals surface area contributed by atoms with Gasteiger partial charge in [-0.25, -0.2) is 4.98 Å². The zero-order valence-corrected chi connectivity index (χ0v) is 14.6. The van der Waals surface area contributed by atoms with E-state index < -0.39 is 0 Å². The van der Waals surface area contributed by atoms with Crippen LogP contribution in [0.25, 0.3) is 10.6 Å². The molecule has 0 bridgehead atoms. The zero-order chi connectivity index (χ0) is 16.9. The van der Waals surface area contributed by atoms with Gasteiger partial charge in [-0.1, -0.05) is 23.5 Å². The number of rotatable bonds is 6. The Morgan fingerprint density at radius 2 is 2.04 bits per heavy atom. The van der Waals surface area contributed by atoms with Crippen molar-refractivity contribution in [1.29, 1.82) is 0 Å². The Balaban J connectivity index is 1.60. The van der Waals surface area contributed by atoms with Crippen molar-refractivity contribution in [3.8, 4) is 10.6 Å². The Bertz CT molecular complexity index is 842. The van der Waals surface area contributed by atoms with Crippen LogP contribution in [-0.2, 0) is 4.79 Å². The normalized spacial score (nSPS) is 10.5. The molecular weight excluding hydrogens is 342 g/mol. The topological polar surface area (TPSA) is 72.0 Å². The molecule has 7 heteroatoms. The number of pyridine rings is 1. The fraction of sp³-hybridized carbons (Fsp3) is 0.176. The number of thiophene rings is 1. The molecule has 0 aromatic carbocycles. The maximum absolute atomic E-state index is 12.0. The number of ketones is 1. The Morgan fingerprint density at radius 3 is 2.75 bits per heavy atom. The molecule has 0 aliphatic carbocycles. The van der Waals surface area contributed by atoms with Crippen molar-refractivity contribution in [1.82, 2.24) is 9.97 Å². The number of nitrogens with one attached hydrogen (secondary N) is 1. The Kier molecular flexibility index (Phi) is 5.12. The lowest BCUT2D eigenvalue weighted by molar-refractivity contribution is -0.116. The molecule has 0 unspecified atom stereocenters. The van der Waals surface area contributed by atoms with E-state index in [1.54, 1.807) is 12.3 Å². The van der Waals surface area contributed by atoms with Gasteiger partial charge in [0.1, 0.15) is 0 Å². The van der Waals surface area contributed by atoms with Crippen LogP contribution >= 0.6 is 22.7 Å². The predicted octanol–water partition coefficient (Wildman–Crippen LogP) is 4.18. The highest BCUT2D eigenvalue weighted by Crippen LogP contribution is 2.31. The molecule has 5 nitrogen and oxygen atoms in total. The average molecular weight is 357 g/mol. The summed E-state index contributed by atoms with van der Waals surface area (Å²) in [4.78, 5) is 34.2. The van der Waals surface area contributed by atoms with Crippen LogP contribution in [0.1, 0.15) is 28.2 Å². The van der Waals surface area contributed by atoms with Crippen LogP contribution in [0.2, 0.25) is 0 Å². The van der Waals surface area contributed by atoms with Crippen molar-refractivity contribution in [2.75, 3.05) is 5.32 Å². The molecule has 0 radical (unpaired) electrons. The molecular formula is C17H15N3O2S2. The highest BCUT2D eigenvalue weighted by molar-refractivity contribution is 7.19. The summed E-state index contributed by atoms with van der Waals surface area (Å²) < 4.78 is 0. The van der Waals surface area contributed by atoms with E-state index in [0.29, 0.717) is 10.0 Å². The molecule has 122 valence electrons. The van der Waals surface area contributed by atoms with Gasteiger partial charge in [0.15, 0.2) is 10.9 Å². The van der Waals surface area contributed by atoms with E-state index in [0.717, 1.165) is 16.3 Å². The summed E-state index contributed by atoms with van der Waals surface area (Å²) in [7, 11) is 0. The summed E-state index contributed by atoms with van der Waals surface area (Å²) in [6.45, 7) is 1.89. The molecule has 0 fully saturated rings. The Morgan fingerprint density at radius 1 is 1.17 bits per heavy atom. The number of aryl methyl sites for hydroxylation is 1. The maximum Gasteiger partial charge on any atom is 0.226 e. The number of anilines is 1. The van der Waals surface area contributed by atoms with Crippen molar-refractivity contribution in [2.24, 2.45) is 0 Å². The predicted molar refractivity (Wildman–Crippen MR) is 96.6 cm³/mol. The van der Waals surface area contributed by atoms with E-state index in [-0.39, 0.29) is 24.5 Å². The van der Waals surface area contributed by atoms with E-state index in [1.165, 1.54) is 22.7 Å². The van der Waals surface area contributed by atoms with Gasteiger partial charge in [0, 0.05) is 19.0 Å². The molecule has 1 amide bonds. The van der Waals surface area contributed by atoms with E-state index in [2.05, 4.69) is 15.3 Å². The number of nitrogens with zero attached hydrogens (tertiary/aromatic N) is 2. The fourth-order valence-electron chi connectivity index (χ4n) is 2.15. The first kappa shape index (κ1) is 16.5. The van der Waals surface area contributed by atoms with Crippen molar-refractivity contribution in [2.45, 2.75) is 19.8 Å². The summed E-state index contributed by atoms with van der Waals surface area (Å²) in [5.41, 5.74) is 1.66. The third-order valence-electron chi connectivity index (χ3n) is 3.32. The lowest BCUT2D eigenvalue weighted by Gasteiger charge is -2.00. The summed E-state index contributed by atoms with van der Waals surface area (Å²) in [6, 6.07) is 9.28. The van der Waals surface area contributed by atoms with E-state index >= 15 is 0 Å². The number of thiazole rings is 1. The quantitative estimate of drug-likeness (QED) is 0.672. The first-order valence-electron chi connectivity index (χ1n) is 7.39. The average Bonchev–Trinajstić information content (AvgIpc) is 3.23. The van der Waals surface area contributed by atoms with Gasteiger partial charge in [-0.2, -0.15) is 0 Å². The number of carbonyl (C=O) groups is 2. The van der Waals surface area contributed by atoms with Crippen LogP contribution in [0.15, 0.2) is 41.9 Å². The van der Waals surface area contributed by atoms with Crippen LogP contribution in [0.3, 0.4) is 0 Å². The van der Waals surface area contributed by atoms with Gasteiger partial charge in [0.05, 0.1) is 21.1 Å². The minimum Gasteiger partial charge on any atom is -0.302 e. The van der Waals surface area contributed by atoms with Gasteiger partial charge in [-0.15, -0.1) is 11.3 Å². The molecule has 0 aliphatic rings. The lowest BCUT2D eigenvalue weighted by atomic mass is 10.2. The van der Waals surface area contributed by atoms with Gasteiger partial charge < -0.3 is 5.32 Å². The van der Waals surface area contributed by atoms with Crippen molar-refractivity contribution in [3.05, 3.63) is 52.5 Å². The van der Waals surface area contributed by atoms with Crippen LogP contribution in [0.4, 0.5) is 5.13 Å². The molecule has 0 saturated carbocycles. The summed E-state index contributed by atoms with van der Waals surface area (Å²) in [5.74, 6) is -0.217. The van der Waals surface area contributed by atoms with Crippen molar-refractivity contribution in [3.63, 3.8) is 0 Å². The van der Waals surface area contributed by atoms with E-state index in [1.807, 2.05) is 36.6 Å². The number of hydrogen-bond acceptors (Lipinski definition) is 6. The van der Waals surface area contributed by atoms with Crippen molar-refractivity contribution >= 4 is 39.5 Å². The standard InChI is InChI=1S/C17H15N3O2S2/c1-11-16(12-5-2-3-9-18-12)24-17(19-11)20-15(22)8-7-13(21)14-6-4-10-23-14/h2-6,9-10H,7-8H2,1H3,(H,19,20,22). The van der Waals surface area contributed by atoms with Crippen LogP contribution in [0, 0.1) is 6.92 Å². The summed E-state index contributed by atoms with van der Waals surface area (Å²) >= 11 is 2.78. The largest absolute Gasteiger partial charge is 0.302 e. The second-order valence-electron chi connectivity index (χ2n) is 5.10. The Labute approximate surface area is 147 Å². The van der Waals surface area contributed by atoms with Crippen LogP contribution < -0.4 is 5.32 Å². The van der Waals surface area contributed by atoms with Gasteiger partial charge in [-0.05, 0) is 30.5 Å². The number of aromatic nitrogens is 2. The molecule has 3 rings (SSSR count). The van der Waals surface area contributed by atoms with Crippen LogP contribution in [-0.4, -0.2) is 21.7 Å². The molecule has 0 aliphatic heterocycles. The number of amides is 1. The highest BCUT2D eigenvalue weighted by atomic mass is 32.1. The van der Waals surface area contributed by atoms with Gasteiger partial charge in [0.25, 0.3) is 0 Å². The highest BCUT2D eigenvalue weighted by Gasteiger charge is 2.14. The number of hydrogen-bond donors (Lipinski definition) is 1. The zero-order valence-electron chi connectivity index (χ0n) is 13.0. The lowest BCUT2D eigenvalue weighted by Crippen LogP contribution is -2.13. The van der Waals surface area contributed by atoms with E-state index in [9.17, 15) is 9.59 Å². The third-order valence-corrected chi connectivity index (χ3v) is 5.32. The second-order valence-corrected chi connectivity index (χ2v) is 7.04. The fourth-order valence-corrected chi connectivity index (χ4v) is 3.81. The summed E-state index contributed by atoms with van der Waals surface area (Å²) in [6.07, 6.45) is 2.07. The molecule has 3 aromatic heterocycles. The molecule has 0 saturated heterocycles. The number of Topliss-reactive ketones (excluding diaryl/α,β-unsaturated/α-hetero) is 1. The van der Waals surface area contributed by atoms with Gasteiger partial charge in [0.2, 0.25) is 5.91 Å². The van der Waals surface area contributed by atoms with Crippen molar-refractivity contribution < 1.29 is 9.59 Å². The first-order chi connectivity index (χ1) is 11.6. The van der Waals surface area contributed by atoms with Gasteiger partial charge >= 0.3 is 0 Å². The molecule has 3 heterocycles. The first-order valence-corrected chi connectivity index (χ1v) is 9.08. The molecule has 3 aromatic rings. The molecule has 0 atom stereocenters. The minimum absolute atomic E-state index is 0.00959. The molecule has 0 spiro atoms. The molecule has 24 heavy (non-hydrogen) atoms. The Hall–Kier alpha value is -2.38. The molecule has 1 N–H and O–H groups in total. The minimum atomic E-state index is -0.207. The monoisotopic (exact) mass is 357 g/mol. The SMILES string of the molecule is Cc1nc(NC(=O)CCC(=O)c2cccs2)sc1-c1ccccn1. The number of carbonyl (C=O) groups excluding carboxylic acids is 2. The van der Waals surface area contributed by atoms with E-state index in [4.69, 9.17) is 0 Å². The second kappa shape index (κ2) is 7.46. The smallest absolute Gasteiger partial charge is 0.226 e. The van der Waals surface area contributed by atoms with Crippen LogP contribution in [0.5, 0.6) is 0 Å². The van der Waals surface area contributed by atoms with Gasteiger partial charge in [-0.3, -0.25) is 14.6 Å². The summed E-state index contributed by atoms with van der Waals surface area (Å²) in [5, 5.41) is 5.15.